The largest absolute Gasteiger partial charge is 0.480 e. The van der Waals surface area contributed by atoms with Crippen molar-refractivity contribution in [3.8, 4) is 11.1 Å². The van der Waals surface area contributed by atoms with E-state index in [1.54, 1.807) is 0 Å². The molecule has 0 radical (unpaired) electrons. The SMILES string of the molecule is CC(C)N(CC(=O)O)C(=O)C1(CNC(=O)OCC2c3ccccc3-c3ccccc32)CCCCC1. The first kappa shape index (κ1) is 24.8. The quantitative estimate of drug-likeness (QED) is 0.568. The van der Waals surface area contributed by atoms with Crippen LogP contribution in [-0.4, -0.2) is 53.7 Å². The molecule has 2 aliphatic carbocycles. The highest BCUT2D eigenvalue weighted by Gasteiger charge is 2.43. The summed E-state index contributed by atoms with van der Waals surface area (Å²) in [6.07, 6.45) is 3.46. The number of fused-ring (bicyclic) bond motifs is 3. The highest BCUT2D eigenvalue weighted by Crippen LogP contribution is 2.44. The Hall–Kier alpha value is -3.35. The second kappa shape index (κ2) is 10.5. The lowest BCUT2D eigenvalue weighted by molar-refractivity contribution is -0.153. The van der Waals surface area contributed by atoms with Crippen LogP contribution in [0.5, 0.6) is 0 Å². The standard InChI is InChI=1S/C28H34N2O5/c1-19(2)30(16-25(31)32)26(33)28(14-8-3-9-15-28)18-29-27(34)35-17-24-22-12-6-4-10-20(22)21-11-5-7-13-23(21)24/h4-7,10-13,19,24H,3,8-9,14-18H2,1-2H3,(H,29,34)(H,31,32). The van der Waals surface area contributed by atoms with Gasteiger partial charge in [-0.2, -0.15) is 0 Å². The van der Waals surface area contributed by atoms with Gasteiger partial charge in [0.2, 0.25) is 5.91 Å². The molecule has 1 saturated carbocycles. The minimum Gasteiger partial charge on any atom is -0.480 e. The fraction of sp³-hybridized carbons (Fsp3) is 0.464. The number of carbonyl (C=O) groups is 3. The number of nitrogens with zero attached hydrogens (tertiary/aromatic N) is 1. The van der Waals surface area contributed by atoms with Gasteiger partial charge < -0.3 is 20.1 Å². The topological polar surface area (TPSA) is 95.9 Å². The Morgan fingerprint density at radius 1 is 1.00 bits per heavy atom. The molecule has 1 fully saturated rings. The summed E-state index contributed by atoms with van der Waals surface area (Å²) >= 11 is 0. The third kappa shape index (κ3) is 5.19. The van der Waals surface area contributed by atoms with E-state index in [9.17, 15) is 19.5 Å². The zero-order valence-electron chi connectivity index (χ0n) is 20.5. The van der Waals surface area contributed by atoms with Crippen LogP contribution in [0.15, 0.2) is 48.5 Å². The molecule has 7 nitrogen and oxygen atoms in total. The van der Waals surface area contributed by atoms with Gasteiger partial charge in [0.25, 0.3) is 0 Å². The molecule has 0 saturated heterocycles. The maximum atomic E-state index is 13.5. The van der Waals surface area contributed by atoms with E-state index in [0.717, 1.165) is 41.5 Å². The summed E-state index contributed by atoms with van der Waals surface area (Å²) in [6, 6.07) is 16.1. The Bertz CT molecular complexity index is 1040. The summed E-state index contributed by atoms with van der Waals surface area (Å²) in [7, 11) is 0. The van der Waals surface area contributed by atoms with Crippen molar-refractivity contribution in [1.29, 1.82) is 0 Å². The Balaban J connectivity index is 1.43. The first-order valence-electron chi connectivity index (χ1n) is 12.4. The van der Waals surface area contributed by atoms with Crippen molar-refractivity contribution in [2.24, 2.45) is 5.41 Å². The van der Waals surface area contributed by atoms with E-state index in [-0.39, 0.29) is 37.6 Å². The number of rotatable bonds is 8. The number of aliphatic carboxylic acids is 1. The average molecular weight is 479 g/mol. The van der Waals surface area contributed by atoms with Crippen molar-refractivity contribution < 1.29 is 24.2 Å². The van der Waals surface area contributed by atoms with Gasteiger partial charge in [-0.25, -0.2) is 4.79 Å². The second-order valence-electron chi connectivity index (χ2n) is 9.94. The van der Waals surface area contributed by atoms with E-state index in [0.29, 0.717) is 12.8 Å². The monoisotopic (exact) mass is 478 g/mol. The zero-order chi connectivity index (χ0) is 25.0. The molecule has 186 valence electrons. The molecule has 2 amide bonds. The molecule has 0 spiro atoms. The van der Waals surface area contributed by atoms with Crippen molar-refractivity contribution >= 4 is 18.0 Å². The summed E-state index contributed by atoms with van der Waals surface area (Å²) in [5.74, 6) is -1.28. The minimum atomic E-state index is -1.04. The molecule has 2 aromatic carbocycles. The highest BCUT2D eigenvalue weighted by atomic mass is 16.5. The molecule has 2 aliphatic rings. The van der Waals surface area contributed by atoms with E-state index in [1.165, 1.54) is 4.90 Å². The molecule has 0 heterocycles. The zero-order valence-corrected chi connectivity index (χ0v) is 20.5. The Morgan fingerprint density at radius 3 is 2.11 bits per heavy atom. The van der Waals surface area contributed by atoms with Crippen LogP contribution >= 0.6 is 0 Å². The molecule has 2 aromatic rings. The third-order valence-corrected chi connectivity index (χ3v) is 7.37. The van der Waals surface area contributed by atoms with Gasteiger partial charge in [-0.15, -0.1) is 0 Å². The fourth-order valence-electron chi connectivity index (χ4n) is 5.52. The number of hydrogen-bond donors (Lipinski definition) is 2. The van der Waals surface area contributed by atoms with E-state index in [4.69, 9.17) is 4.74 Å². The van der Waals surface area contributed by atoms with Crippen LogP contribution in [0.4, 0.5) is 4.79 Å². The van der Waals surface area contributed by atoms with Crippen molar-refractivity contribution in [2.75, 3.05) is 19.7 Å². The number of carboxylic acid groups (broad SMARTS) is 1. The molecule has 0 aromatic heterocycles. The van der Waals surface area contributed by atoms with Gasteiger partial charge in [0, 0.05) is 18.5 Å². The van der Waals surface area contributed by atoms with Gasteiger partial charge >= 0.3 is 12.1 Å². The molecular weight excluding hydrogens is 444 g/mol. The molecule has 7 heteroatoms. The Morgan fingerprint density at radius 2 is 1.57 bits per heavy atom. The smallest absolute Gasteiger partial charge is 0.407 e. The number of ether oxygens (including phenoxy) is 1. The van der Waals surface area contributed by atoms with Crippen LogP contribution in [-0.2, 0) is 14.3 Å². The number of amides is 2. The van der Waals surface area contributed by atoms with Crippen LogP contribution < -0.4 is 5.32 Å². The molecule has 35 heavy (non-hydrogen) atoms. The summed E-state index contributed by atoms with van der Waals surface area (Å²) in [5.41, 5.74) is 3.80. The van der Waals surface area contributed by atoms with Crippen LogP contribution in [0.2, 0.25) is 0 Å². The van der Waals surface area contributed by atoms with E-state index < -0.39 is 17.5 Å². The average Bonchev–Trinajstić information content (AvgIpc) is 3.18. The molecule has 0 aliphatic heterocycles. The lowest BCUT2D eigenvalue weighted by Gasteiger charge is -2.40. The molecule has 4 rings (SSSR count). The lowest BCUT2D eigenvalue weighted by atomic mass is 9.72. The summed E-state index contributed by atoms with van der Waals surface area (Å²) in [5, 5.41) is 12.1. The number of hydrogen-bond acceptors (Lipinski definition) is 4. The normalized spacial score (nSPS) is 16.3. The Labute approximate surface area is 206 Å². The van der Waals surface area contributed by atoms with Gasteiger partial charge in [0.1, 0.15) is 13.2 Å². The van der Waals surface area contributed by atoms with Crippen LogP contribution in [0.25, 0.3) is 11.1 Å². The van der Waals surface area contributed by atoms with E-state index >= 15 is 0 Å². The van der Waals surface area contributed by atoms with Gasteiger partial charge in [0.15, 0.2) is 0 Å². The van der Waals surface area contributed by atoms with Crippen molar-refractivity contribution in [3.05, 3.63) is 59.7 Å². The third-order valence-electron chi connectivity index (χ3n) is 7.37. The maximum absolute atomic E-state index is 13.5. The van der Waals surface area contributed by atoms with Crippen LogP contribution in [0.3, 0.4) is 0 Å². The van der Waals surface area contributed by atoms with Crippen molar-refractivity contribution in [1.82, 2.24) is 10.2 Å². The predicted molar refractivity (Wildman–Crippen MR) is 133 cm³/mol. The predicted octanol–water partition coefficient (Wildman–Crippen LogP) is 4.80. The van der Waals surface area contributed by atoms with Gasteiger partial charge in [0.05, 0.1) is 5.41 Å². The van der Waals surface area contributed by atoms with Gasteiger partial charge in [-0.1, -0.05) is 67.8 Å². The first-order chi connectivity index (χ1) is 16.8. The molecule has 0 atom stereocenters. The Kier molecular flexibility index (Phi) is 7.43. The second-order valence-corrected chi connectivity index (χ2v) is 9.94. The van der Waals surface area contributed by atoms with Crippen LogP contribution in [0, 0.1) is 5.41 Å². The molecule has 0 unspecified atom stereocenters. The van der Waals surface area contributed by atoms with Gasteiger partial charge in [-0.3, -0.25) is 9.59 Å². The number of alkyl carbamates (subject to hydrolysis) is 1. The number of carbonyl (C=O) groups excluding carboxylic acids is 2. The minimum absolute atomic E-state index is 0.0366. The van der Waals surface area contributed by atoms with E-state index in [2.05, 4.69) is 29.6 Å². The fourth-order valence-corrected chi connectivity index (χ4v) is 5.52. The summed E-state index contributed by atoms with van der Waals surface area (Å²) < 4.78 is 5.66. The first-order valence-corrected chi connectivity index (χ1v) is 12.4. The molecular formula is C28H34N2O5. The molecule has 2 N–H and O–H groups in total. The van der Waals surface area contributed by atoms with Crippen LogP contribution in [0.1, 0.15) is 63.0 Å². The van der Waals surface area contributed by atoms with Gasteiger partial charge in [-0.05, 0) is 48.9 Å². The van der Waals surface area contributed by atoms with Crippen molar-refractivity contribution in [3.63, 3.8) is 0 Å². The maximum Gasteiger partial charge on any atom is 0.407 e. The summed E-state index contributed by atoms with van der Waals surface area (Å²) in [6.45, 7) is 3.64. The molecule has 0 bridgehead atoms. The number of nitrogens with one attached hydrogen (secondary N) is 1. The van der Waals surface area contributed by atoms with Crippen molar-refractivity contribution in [2.45, 2.75) is 57.9 Å². The number of benzene rings is 2. The lowest BCUT2D eigenvalue weighted by Crippen LogP contribution is -2.54. The number of carboxylic acids is 1. The highest BCUT2D eigenvalue weighted by molar-refractivity contribution is 5.87. The van der Waals surface area contributed by atoms with E-state index in [1.807, 2.05) is 38.1 Å². The summed E-state index contributed by atoms with van der Waals surface area (Å²) in [4.78, 5) is 39.1.